The van der Waals surface area contributed by atoms with Crippen LogP contribution in [0.4, 0.5) is 10.1 Å². The van der Waals surface area contributed by atoms with Gasteiger partial charge in [-0.3, -0.25) is 9.69 Å². The molecule has 2 heterocycles. The van der Waals surface area contributed by atoms with Crippen molar-refractivity contribution in [2.45, 2.75) is 5.37 Å². The molecule has 1 atom stereocenters. The van der Waals surface area contributed by atoms with E-state index in [1.165, 1.54) is 12.1 Å². The van der Waals surface area contributed by atoms with E-state index in [1.807, 2.05) is 18.2 Å². The molecule has 4 nitrogen and oxygen atoms in total. The first-order valence-corrected chi connectivity index (χ1v) is 7.89. The number of nitrogens with zero attached hydrogens (tertiary/aromatic N) is 2. The van der Waals surface area contributed by atoms with Gasteiger partial charge in [0.25, 0.3) is 0 Å². The largest absolute Gasteiger partial charge is 0.345 e. The van der Waals surface area contributed by atoms with E-state index in [4.69, 9.17) is 0 Å². The lowest BCUT2D eigenvalue weighted by atomic mass is 10.1. The second-order valence-corrected chi connectivity index (χ2v) is 6.15. The quantitative estimate of drug-likeness (QED) is 0.788. The molecule has 0 saturated carbocycles. The number of halogens is 1. The Morgan fingerprint density at radius 3 is 2.86 bits per heavy atom. The second kappa shape index (κ2) is 5.14. The smallest absolute Gasteiger partial charge is 0.238 e. The highest BCUT2D eigenvalue weighted by atomic mass is 32.2. The van der Waals surface area contributed by atoms with E-state index in [-0.39, 0.29) is 17.1 Å². The summed E-state index contributed by atoms with van der Waals surface area (Å²) in [6, 6.07) is 12.0. The van der Waals surface area contributed by atoms with Crippen molar-refractivity contribution in [3.63, 3.8) is 0 Å². The van der Waals surface area contributed by atoms with Crippen LogP contribution in [0.1, 0.15) is 10.9 Å². The summed E-state index contributed by atoms with van der Waals surface area (Å²) in [7, 11) is 0. The number of fused-ring (bicyclic) bond motifs is 1. The number of benzene rings is 2. The predicted molar refractivity (Wildman–Crippen MR) is 85.2 cm³/mol. The van der Waals surface area contributed by atoms with Crippen LogP contribution in [-0.4, -0.2) is 21.6 Å². The lowest BCUT2D eigenvalue weighted by Crippen LogP contribution is -2.27. The third-order valence-corrected chi connectivity index (χ3v) is 4.92. The number of amides is 1. The van der Waals surface area contributed by atoms with Crippen LogP contribution in [0.2, 0.25) is 0 Å². The Kier molecular flexibility index (Phi) is 3.11. The van der Waals surface area contributed by atoms with Gasteiger partial charge in [-0.15, -0.1) is 11.8 Å². The van der Waals surface area contributed by atoms with Crippen LogP contribution in [-0.2, 0) is 4.79 Å². The predicted octanol–water partition coefficient (Wildman–Crippen LogP) is 3.48. The molecule has 1 aliphatic rings. The van der Waals surface area contributed by atoms with Crippen LogP contribution in [0, 0.1) is 5.82 Å². The molecule has 3 aromatic rings. The Morgan fingerprint density at radius 1 is 1.23 bits per heavy atom. The van der Waals surface area contributed by atoms with Gasteiger partial charge in [0.05, 0.1) is 23.1 Å². The molecule has 0 aliphatic carbocycles. The highest BCUT2D eigenvalue weighted by Gasteiger charge is 2.34. The van der Waals surface area contributed by atoms with Crippen LogP contribution in [0.3, 0.4) is 0 Å². The molecule has 2 aromatic carbocycles. The molecule has 1 saturated heterocycles. The average molecular weight is 313 g/mol. The monoisotopic (exact) mass is 313 g/mol. The lowest BCUT2D eigenvalue weighted by molar-refractivity contribution is -0.115. The number of carbonyl (C=O) groups excluding carboxylic acids is 1. The van der Waals surface area contributed by atoms with Crippen molar-refractivity contribution in [1.82, 2.24) is 9.97 Å². The van der Waals surface area contributed by atoms with E-state index >= 15 is 0 Å². The number of imidazole rings is 1. The SMILES string of the molecule is O=C1CSC(c2ccc(F)cc2)N1c1ccc2nc[nH]c2c1. The van der Waals surface area contributed by atoms with Gasteiger partial charge in [-0.1, -0.05) is 12.1 Å². The van der Waals surface area contributed by atoms with Gasteiger partial charge in [0, 0.05) is 5.69 Å². The number of anilines is 1. The topological polar surface area (TPSA) is 49.0 Å². The molecule has 0 radical (unpaired) electrons. The van der Waals surface area contributed by atoms with E-state index in [9.17, 15) is 9.18 Å². The standard InChI is InChI=1S/C16H12FN3OS/c17-11-3-1-10(2-4-11)16-20(15(21)8-22-16)12-5-6-13-14(7-12)19-9-18-13/h1-7,9,16H,8H2,(H,18,19). The third-order valence-electron chi connectivity index (χ3n) is 3.71. The van der Waals surface area contributed by atoms with Gasteiger partial charge in [-0.25, -0.2) is 9.37 Å². The lowest BCUT2D eigenvalue weighted by Gasteiger charge is -2.24. The molecule has 4 rings (SSSR count). The molecule has 0 bridgehead atoms. The minimum absolute atomic E-state index is 0.0539. The molecule has 1 amide bonds. The van der Waals surface area contributed by atoms with Crippen molar-refractivity contribution >= 4 is 34.4 Å². The Balaban J connectivity index is 1.76. The van der Waals surface area contributed by atoms with Crippen LogP contribution in [0.15, 0.2) is 48.8 Å². The Labute approximate surface area is 130 Å². The number of H-pyrrole nitrogens is 1. The van der Waals surface area contributed by atoms with Crippen molar-refractivity contribution in [3.05, 3.63) is 60.2 Å². The third kappa shape index (κ3) is 2.16. The fourth-order valence-electron chi connectivity index (χ4n) is 2.65. The highest BCUT2D eigenvalue weighted by molar-refractivity contribution is 8.00. The van der Waals surface area contributed by atoms with E-state index in [0.717, 1.165) is 22.3 Å². The molecule has 1 aliphatic heterocycles. The van der Waals surface area contributed by atoms with Crippen molar-refractivity contribution in [2.24, 2.45) is 0 Å². The van der Waals surface area contributed by atoms with Crippen molar-refractivity contribution in [1.29, 1.82) is 0 Å². The van der Waals surface area contributed by atoms with Gasteiger partial charge in [0.1, 0.15) is 11.2 Å². The van der Waals surface area contributed by atoms with Crippen LogP contribution >= 0.6 is 11.8 Å². The van der Waals surface area contributed by atoms with Gasteiger partial charge >= 0.3 is 0 Å². The fraction of sp³-hybridized carbons (Fsp3) is 0.125. The van der Waals surface area contributed by atoms with Crippen molar-refractivity contribution in [3.8, 4) is 0 Å². The summed E-state index contributed by atoms with van der Waals surface area (Å²) >= 11 is 1.55. The number of carbonyl (C=O) groups is 1. The Bertz CT molecular complexity index is 846. The van der Waals surface area contributed by atoms with Gasteiger partial charge < -0.3 is 4.98 Å². The van der Waals surface area contributed by atoms with Gasteiger partial charge in [-0.2, -0.15) is 0 Å². The maximum Gasteiger partial charge on any atom is 0.238 e. The molecule has 1 N–H and O–H groups in total. The molecular formula is C16H12FN3OS. The number of hydrogen-bond acceptors (Lipinski definition) is 3. The minimum Gasteiger partial charge on any atom is -0.345 e. The van der Waals surface area contributed by atoms with E-state index in [0.29, 0.717) is 5.75 Å². The Hall–Kier alpha value is -2.34. The van der Waals surface area contributed by atoms with Crippen molar-refractivity contribution in [2.75, 3.05) is 10.7 Å². The number of aromatic amines is 1. The molecule has 22 heavy (non-hydrogen) atoms. The van der Waals surface area contributed by atoms with Crippen LogP contribution < -0.4 is 4.90 Å². The number of nitrogens with one attached hydrogen (secondary N) is 1. The maximum atomic E-state index is 13.1. The molecule has 6 heteroatoms. The second-order valence-electron chi connectivity index (χ2n) is 5.08. The summed E-state index contributed by atoms with van der Waals surface area (Å²) in [5.41, 5.74) is 3.49. The molecule has 0 spiro atoms. The van der Waals surface area contributed by atoms with Gasteiger partial charge in [-0.05, 0) is 35.9 Å². The number of thioether (sulfide) groups is 1. The minimum atomic E-state index is -0.275. The van der Waals surface area contributed by atoms with Crippen LogP contribution in [0.5, 0.6) is 0 Å². The molecule has 1 unspecified atom stereocenters. The summed E-state index contributed by atoms with van der Waals surface area (Å²) in [6.07, 6.45) is 1.63. The first-order chi connectivity index (χ1) is 10.7. The van der Waals surface area contributed by atoms with Gasteiger partial charge in [0.15, 0.2) is 0 Å². The normalized spacial score (nSPS) is 18.3. The highest BCUT2D eigenvalue weighted by Crippen LogP contribution is 2.42. The summed E-state index contributed by atoms with van der Waals surface area (Å²) in [6.45, 7) is 0. The number of aromatic nitrogens is 2. The van der Waals surface area contributed by atoms with E-state index in [2.05, 4.69) is 9.97 Å². The first-order valence-electron chi connectivity index (χ1n) is 6.85. The van der Waals surface area contributed by atoms with Crippen LogP contribution in [0.25, 0.3) is 11.0 Å². The average Bonchev–Trinajstić information content (AvgIpc) is 3.13. The summed E-state index contributed by atoms with van der Waals surface area (Å²) in [5, 5.41) is -0.131. The summed E-state index contributed by atoms with van der Waals surface area (Å²) in [5.74, 6) is 0.199. The summed E-state index contributed by atoms with van der Waals surface area (Å²) < 4.78 is 13.1. The fourth-order valence-corrected chi connectivity index (χ4v) is 3.83. The molecule has 1 aromatic heterocycles. The Morgan fingerprint density at radius 2 is 2.05 bits per heavy atom. The summed E-state index contributed by atoms with van der Waals surface area (Å²) in [4.78, 5) is 21.3. The molecule has 1 fully saturated rings. The van der Waals surface area contributed by atoms with Gasteiger partial charge in [0.2, 0.25) is 5.91 Å². The number of rotatable bonds is 2. The molecule has 110 valence electrons. The zero-order valence-corrected chi connectivity index (χ0v) is 12.3. The zero-order valence-electron chi connectivity index (χ0n) is 11.5. The first kappa shape index (κ1) is 13.3. The zero-order chi connectivity index (χ0) is 15.1. The van der Waals surface area contributed by atoms with Crippen molar-refractivity contribution < 1.29 is 9.18 Å². The maximum absolute atomic E-state index is 13.1. The number of hydrogen-bond donors (Lipinski definition) is 1. The molecular weight excluding hydrogens is 301 g/mol. The van der Waals surface area contributed by atoms with E-state index < -0.39 is 0 Å². The van der Waals surface area contributed by atoms with E-state index in [1.54, 1.807) is 35.1 Å².